The maximum Gasteiger partial charge on any atom is 0.00956 e. The average molecular weight is 295 g/mol. The van der Waals surface area contributed by atoms with Crippen LogP contribution >= 0.6 is 0 Å². The minimum atomic E-state index is 0.424. The standard InChI is InChI=1S/C19H38N2/c1-5-16-10-15(11-17(6-2)19(16)21)9-14-7-12(3)18(20)13(4)8-14/h12-19H,5-11,20-21H2,1-4H3. The van der Waals surface area contributed by atoms with Gasteiger partial charge < -0.3 is 11.5 Å². The second-order valence-corrected chi connectivity index (χ2v) is 8.36. The summed E-state index contributed by atoms with van der Waals surface area (Å²) in [4.78, 5) is 0. The fourth-order valence-electron chi connectivity index (χ4n) is 5.41. The van der Waals surface area contributed by atoms with Crippen LogP contribution in [0.1, 0.15) is 72.6 Å². The first-order valence-corrected chi connectivity index (χ1v) is 9.47. The number of nitrogens with two attached hydrogens (primary N) is 2. The largest absolute Gasteiger partial charge is 0.327 e. The van der Waals surface area contributed by atoms with Crippen LogP contribution < -0.4 is 11.5 Å². The quantitative estimate of drug-likeness (QED) is 0.817. The van der Waals surface area contributed by atoms with Crippen LogP contribution in [0.3, 0.4) is 0 Å². The van der Waals surface area contributed by atoms with Gasteiger partial charge in [-0.2, -0.15) is 0 Å². The SMILES string of the molecule is CCC1CC(CC2CC(C)C(N)C(C)C2)CC(CC)C1N. The molecule has 2 aliphatic rings. The third-order valence-electron chi connectivity index (χ3n) is 6.80. The average Bonchev–Trinajstić information content (AvgIpc) is 2.46. The summed E-state index contributed by atoms with van der Waals surface area (Å²) in [6, 6.07) is 0.877. The van der Waals surface area contributed by atoms with Crippen molar-refractivity contribution < 1.29 is 0 Å². The molecule has 4 atom stereocenters. The molecule has 4 unspecified atom stereocenters. The third kappa shape index (κ3) is 4.01. The minimum absolute atomic E-state index is 0.424. The highest BCUT2D eigenvalue weighted by molar-refractivity contribution is 4.91. The van der Waals surface area contributed by atoms with Crippen LogP contribution in [0.2, 0.25) is 0 Å². The van der Waals surface area contributed by atoms with Crippen LogP contribution in [-0.4, -0.2) is 12.1 Å². The van der Waals surface area contributed by atoms with E-state index < -0.39 is 0 Å². The Hall–Kier alpha value is -0.0800. The van der Waals surface area contributed by atoms with Gasteiger partial charge in [-0.25, -0.2) is 0 Å². The Morgan fingerprint density at radius 1 is 0.714 bits per heavy atom. The van der Waals surface area contributed by atoms with Crippen molar-refractivity contribution in [2.75, 3.05) is 0 Å². The van der Waals surface area contributed by atoms with Crippen molar-refractivity contribution in [1.29, 1.82) is 0 Å². The maximum absolute atomic E-state index is 6.49. The Labute approximate surface area is 132 Å². The molecule has 0 aliphatic heterocycles. The van der Waals surface area contributed by atoms with Gasteiger partial charge in [-0.1, -0.05) is 40.5 Å². The topological polar surface area (TPSA) is 52.0 Å². The van der Waals surface area contributed by atoms with Gasteiger partial charge in [0.25, 0.3) is 0 Å². The highest BCUT2D eigenvalue weighted by Gasteiger charge is 2.37. The lowest BCUT2D eigenvalue weighted by Crippen LogP contribution is -2.44. The molecule has 0 spiro atoms. The van der Waals surface area contributed by atoms with Gasteiger partial charge in [-0.15, -0.1) is 0 Å². The minimum Gasteiger partial charge on any atom is -0.327 e. The van der Waals surface area contributed by atoms with Crippen LogP contribution in [0.25, 0.3) is 0 Å². The van der Waals surface area contributed by atoms with Gasteiger partial charge in [-0.05, 0) is 67.6 Å². The zero-order chi connectivity index (χ0) is 15.6. The van der Waals surface area contributed by atoms with Crippen LogP contribution in [0.15, 0.2) is 0 Å². The molecule has 0 aromatic rings. The number of hydrogen-bond acceptors (Lipinski definition) is 2. The molecule has 21 heavy (non-hydrogen) atoms. The van der Waals surface area contributed by atoms with Crippen LogP contribution in [0.4, 0.5) is 0 Å². The summed E-state index contributed by atoms with van der Waals surface area (Å²) in [6.07, 6.45) is 9.40. The van der Waals surface area contributed by atoms with Crippen molar-refractivity contribution in [3.8, 4) is 0 Å². The predicted molar refractivity (Wildman–Crippen MR) is 91.9 cm³/mol. The fraction of sp³-hybridized carbons (Fsp3) is 1.00. The number of rotatable bonds is 4. The summed E-state index contributed by atoms with van der Waals surface area (Å²) in [5, 5.41) is 0. The van der Waals surface area contributed by atoms with Gasteiger partial charge in [0.15, 0.2) is 0 Å². The molecular weight excluding hydrogens is 256 g/mol. The second-order valence-electron chi connectivity index (χ2n) is 8.36. The molecule has 2 nitrogen and oxygen atoms in total. The molecule has 0 saturated heterocycles. The van der Waals surface area contributed by atoms with Gasteiger partial charge in [0.2, 0.25) is 0 Å². The van der Waals surface area contributed by atoms with E-state index >= 15 is 0 Å². The van der Waals surface area contributed by atoms with E-state index in [9.17, 15) is 0 Å². The lowest BCUT2D eigenvalue weighted by Gasteiger charge is -2.43. The van der Waals surface area contributed by atoms with E-state index in [1.165, 1.54) is 44.9 Å². The summed E-state index contributed by atoms with van der Waals surface area (Å²) in [5.74, 6) is 4.74. The summed E-state index contributed by atoms with van der Waals surface area (Å²) in [6.45, 7) is 9.36. The highest BCUT2D eigenvalue weighted by atomic mass is 14.7. The lowest BCUT2D eigenvalue weighted by molar-refractivity contribution is 0.104. The van der Waals surface area contributed by atoms with Gasteiger partial charge in [-0.3, -0.25) is 0 Å². The van der Waals surface area contributed by atoms with Crippen molar-refractivity contribution in [2.45, 2.75) is 84.7 Å². The summed E-state index contributed by atoms with van der Waals surface area (Å²) in [5.41, 5.74) is 12.8. The van der Waals surface area contributed by atoms with Gasteiger partial charge in [0.05, 0.1) is 0 Å². The molecule has 0 amide bonds. The van der Waals surface area contributed by atoms with Crippen molar-refractivity contribution in [3.05, 3.63) is 0 Å². The third-order valence-corrected chi connectivity index (χ3v) is 6.80. The Bertz CT molecular complexity index is 291. The van der Waals surface area contributed by atoms with Crippen molar-refractivity contribution in [1.82, 2.24) is 0 Å². The van der Waals surface area contributed by atoms with E-state index in [0.717, 1.165) is 23.7 Å². The molecule has 0 bridgehead atoms. The monoisotopic (exact) mass is 294 g/mol. The highest BCUT2D eigenvalue weighted by Crippen LogP contribution is 2.42. The van der Waals surface area contributed by atoms with Crippen LogP contribution in [-0.2, 0) is 0 Å². The summed E-state index contributed by atoms with van der Waals surface area (Å²) < 4.78 is 0. The molecule has 4 N–H and O–H groups in total. The van der Waals surface area contributed by atoms with Crippen molar-refractivity contribution in [2.24, 2.45) is 47.0 Å². The summed E-state index contributed by atoms with van der Waals surface area (Å²) in [7, 11) is 0. The first-order valence-electron chi connectivity index (χ1n) is 9.47. The Morgan fingerprint density at radius 3 is 1.57 bits per heavy atom. The molecule has 2 rings (SSSR count). The smallest absolute Gasteiger partial charge is 0.00956 e. The zero-order valence-corrected chi connectivity index (χ0v) is 14.7. The van der Waals surface area contributed by atoms with E-state index in [1.807, 2.05) is 0 Å². The molecule has 0 radical (unpaired) electrons. The fourth-order valence-corrected chi connectivity index (χ4v) is 5.41. The Kier molecular flexibility index (Phi) is 6.14. The molecule has 0 heterocycles. The first-order chi connectivity index (χ1) is 9.96. The molecule has 0 aromatic carbocycles. The van der Waals surface area contributed by atoms with E-state index in [1.54, 1.807) is 0 Å². The molecule has 2 aliphatic carbocycles. The Morgan fingerprint density at radius 2 is 1.14 bits per heavy atom. The predicted octanol–water partition coefficient (Wildman–Crippen LogP) is 4.18. The first kappa shape index (κ1) is 17.3. The Balaban J connectivity index is 1.93. The van der Waals surface area contributed by atoms with Crippen molar-refractivity contribution >= 4 is 0 Å². The molecule has 0 aromatic heterocycles. The van der Waals surface area contributed by atoms with Gasteiger partial charge in [0.1, 0.15) is 0 Å². The molecule has 2 saturated carbocycles. The van der Waals surface area contributed by atoms with E-state index in [4.69, 9.17) is 11.5 Å². The molecular formula is C19H38N2. The van der Waals surface area contributed by atoms with E-state index in [2.05, 4.69) is 27.7 Å². The molecule has 124 valence electrons. The molecule has 2 heteroatoms. The van der Waals surface area contributed by atoms with Gasteiger partial charge in [0, 0.05) is 12.1 Å². The normalized spacial score (nSPS) is 48.3. The lowest BCUT2D eigenvalue weighted by atomic mass is 9.65. The second kappa shape index (κ2) is 7.46. The number of hydrogen-bond donors (Lipinski definition) is 2. The van der Waals surface area contributed by atoms with Crippen molar-refractivity contribution in [3.63, 3.8) is 0 Å². The molecule has 2 fully saturated rings. The van der Waals surface area contributed by atoms with Gasteiger partial charge >= 0.3 is 0 Å². The summed E-state index contributed by atoms with van der Waals surface area (Å²) >= 11 is 0. The van der Waals surface area contributed by atoms with E-state index in [-0.39, 0.29) is 0 Å². The maximum atomic E-state index is 6.49. The van der Waals surface area contributed by atoms with Crippen LogP contribution in [0, 0.1) is 35.5 Å². The van der Waals surface area contributed by atoms with E-state index in [0.29, 0.717) is 23.9 Å². The van der Waals surface area contributed by atoms with Crippen LogP contribution in [0.5, 0.6) is 0 Å². The zero-order valence-electron chi connectivity index (χ0n) is 14.7.